The summed E-state index contributed by atoms with van der Waals surface area (Å²) in [6.45, 7) is 0.266. The van der Waals surface area contributed by atoms with Crippen LogP contribution in [0.5, 0.6) is 0 Å². The summed E-state index contributed by atoms with van der Waals surface area (Å²) in [5.41, 5.74) is 7.75. The maximum atomic E-state index is 14.5. The number of carbonyl (C=O) groups is 1. The van der Waals surface area contributed by atoms with E-state index >= 15 is 0 Å². The summed E-state index contributed by atoms with van der Waals surface area (Å²) in [5, 5.41) is 26.4. The Bertz CT molecular complexity index is 1680. The van der Waals surface area contributed by atoms with Gasteiger partial charge in [0, 0.05) is 36.6 Å². The molecular formula is C28H23ClFN7O3. The summed E-state index contributed by atoms with van der Waals surface area (Å²) in [7, 11) is 0. The predicted molar refractivity (Wildman–Crippen MR) is 148 cm³/mol. The number of halogens is 2. The Morgan fingerprint density at radius 1 is 1.25 bits per heavy atom. The summed E-state index contributed by atoms with van der Waals surface area (Å²) >= 11 is 6.12. The zero-order valence-electron chi connectivity index (χ0n) is 21.0. The molecular weight excluding hydrogens is 537 g/mol. The van der Waals surface area contributed by atoms with Gasteiger partial charge in [0.25, 0.3) is 11.5 Å². The number of aliphatic hydroxyl groups excluding tert-OH is 1. The van der Waals surface area contributed by atoms with Crippen molar-refractivity contribution in [1.29, 1.82) is 5.26 Å². The van der Waals surface area contributed by atoms with Gasteiger partial charge in [-0.1, -0.05) is 23.7 Å². The Morgan fingerprint density at radius 3 is 2.83 bits per heavy atom. The van der Waals surface area contributed by atoms with Crippen molar-refractivity contribution in [2.24, 2.45) is 5.73 Å². The van der Waals surface area contributed by atoms with E-state index in [1.807, 2.05) is 4.90 Å². The minimum absolute atomic E-state index is 0.0439. The third kappa shape index (κ3) is 5.15. The van der Waals surface area contributed by atoms with Gasteiger partial charge in [0.15, 0.2) is 5.82 Å². The molecule has 0 spiro atoms. The molecule has 0 unspecified atom stereocenters. The standard InChI is InChI=1S/C28H23ClFN7O3/c29-21-2-1-3-22(30)27(21)37-26(39)7-6-24(35-37)28(40)34-23-5-4-16(20-13-33-9-8-17(20)12-31)10-25(23)36-14-18(32)11-19(36)15-38/h1-10,13,18-19,38H,11,14-15,32H2,(H,34,40)/t18-,19-/m0/s1. The number of aromatic nitrogens is 3. The fraction of sp³-hybridized carbons (Fsp3) is 0.179. The number of nitrogens with one attached hydrogen (secondary N) is 1. The molecule has 10 nitrogen and oxygen atoms in total. The third-order valence-electron chi connectivity index (χ3n) is 6.65. The van der Waals surface area contributed by atoms with Gasteiger partial charge >= 0.3 is 0 Å². The topological polar surface area (TPSA) is 150 Å². The second-order valence-corrected chi connectivity index (χ2v) is 9.65. The lowest BCUT2D eigenvalue weighted by molar-refractivity contribution is 0.102. The van der Waals surface area contributed by atoms with Gasteiger partial charge in [-0.25, -0.2) is 4.39 Å². The van der Waals surface area contributed by atoms with Gasteiger partial charge in [0.05, 0.1) is 40.7 Å². The number of pyridine rings is 1. The van der Waals surface area contributed by atoms with Crippen LogP contribution in [0.2, 0.25) is 5.02 Å². The van der Waals surface area contributed by atoms with E-state index in [9.17, 15) is 24.3 Å². The van der Waals surface area contributed by atoms with Crippen molar-refractivity contribution in [3.8, 4) is 22.9 Å². The molecule has 1 amide bonds. The van der Waals surface area contributed by atoms with Crippen molar-refractivity contribution in [3.63, 3.8) is 0 Å². The molecule has 202 valence electrons. The van der Waals surface area contributed by atoms with E-state index in [4.69, 9.17) is 17.3 Å². The molecule has 2 aromatic carbocycles. The lowest BCUT2D eigenvalue weighted by Gasteiger charge is -2.28. The first-order chi connectivity index (χ1) is 19.3. The van der Waals surface area contributed by atoms with Crippen molar-refractivity contribution in [1.82, 2.24) is 14.8 Å². The van der Waals surface area contributed by atoms with Crippen LogP contribution in [0, 0.1) is 17.1 Å². The fourth-order valence-corrected chi connectivity index (χ4v) is 5.00. The minimum atomic E-state index is -0.773. The van der Waals surface area contributed by atoms with E-state index in [0.29, 0.717) is 41.0 Å². The average molecular weight is 560 g/mol. The lowest BCUT2D eigenvalue weighted by atomic mass is 10.0. The van der Waals surface area contributed by atoms with E-state index in [1.165, 1.54) is 24.4 Å². The van der Waals surface area contributed by atoms with Gasteiger partial charge in [-0.05, 0) is 48.4 Å². The number of anilines is 2. The number of benzene rings is 2. The highest BCUT2D eigenvalue weighted by Crippen LogP contribution is 2.36. The Morgan fingerprint density at radius 2 is 2.08 bits per heavy atom. The lowest BCUT2D eigenvalue weighted by Crippen LogP contribution is -2.34. The van der Waals surface area contributed by atoms with Crippen LogP contribution in [0.1, 0.15) is 22.5 Å². The quantitative estimate of drug-likeness (QED) is 0.326. The number of hydrogen-bond acceptors (Lipinski definition) is 8. The Labute approximate surface area is 233 Å². The van der Waals surface area contributed by atoms with E-state index in [-0.39, 0.29) is 35.1 Å². The zero-order chi connectivity index (χ0) is 28.4. The number of nitriles is 1. The van der Waals surface area contributed by atoms with Gasteiger partial charge in [-0.15, -0.1) is 0 Å². The van der Waals surface area contributed by atoms with Gasteiger partial charge < -0.3 is 21.1 Å². The zero-order valence-corrected chi connectivity index (χ0v) is 21.7. The van der Waals surface area contributed by atoms with Crippen LogP contribution in [0.3, 0.4) is 0 Å². The maximum absolute atomic E-state index is 14.5. The number of rotatable bonds is 6. The number of para-hydroxylation sites is 1. The highest BCUT2D eigenvalue weighted by molar-refractivity contribution is 6.32. The molecule has 12 heteroatoms. The summed E-state index contributed by atoms with van der Waals surface area (Å²) < 4.78 is 15.2. The number of aliphatic hydroxyl groups is 1. The Balaban J connectivity index is 1.56. The van der Waals surface area contributed by atoms with Crippen LogP contribution in [-0.2, 0) is 0 Å². The number of carbonyl (C=O) groups excluding carboxylic acids is 1. The summed E-state index contributed by atoms with van der Waals surface area (Å²) in [6.07, 6.45) is 3.65. The fourth-order valence-electron chi connectivity index (χ4n) is 4.76. The van der Waals surface area contributed by atoms with E-state index < -0.39 is 17.3 Å². The monoisotopic (exact) mass is 559 g/mol. The third-order valence-corrected chi connectivity index (χ3v) is 6.95. The number of nitrogens with two attached hydrogens (primary N) is 1. The summed E-state index contributed by atoms with van der Waals surface area (Å²) in [4.78, 5) is 31.9. The van der Waals surface area contributed by atoms with Crippen molar-refractivity contribution < 1.29 is 14.3 Å². The van der Waals surface area contributed by atoms with Gasteiger partial charge in [-0.2, -0.15) is 15.0 Å². The molecule has 4 aromatic rings. The maximum Gasteiger partial charge on any atom is 0.276 e. The second kappa shape index (κ2) is 11.2. The molecule has 2 aromatic heterocycles. The first-order valence-electron chi connectivity index (χ1n) is 12.3. The van der Waals surface area contributed by atoms with Crippen molar-refractivity contribution in [3.05, 3.63) is 99.4 Å². The van der Waals surface area contributed by atoms with Crippen LogP contribution in [0.4, 0.5) is 15.8 Å². The summed E-state index contributed by atoms with van der Waals surface area (Å²) in [5.74, 6) is -1.44. The van der Waals surface area contributed by atoms with Crippen LogP contribution in [0.25, 0.3) is 16.8 Å². The smallest absolute Gasteiger partial charge is 0.276 e. The van der Waals surface area contributed by atoms with Crippen molar-refractivity contribution in [2.45, 2.75) is 18.5 Å². The molecule has 0 radical (unpaired) electrons. The van der Waals surface area contributed by atoms with E-state index in [0.717, 1.165) is 16.8 Å². The van der Waals surface area contributed by atoms with Gasteiger partial charge in [0.2, 0.25) is 0 Å². The molecule has 1 aliphatic rings. The first kappa shape index (κ1) is 27.0. The number of hydrogen-bond donors (Lipinski definition) is 3. The highest BCUT2D eigenvalue weighted by atomic mass is 35.5. The Kier molecular flexibility index (Phi) is 7.57. The first-order valence-corrected chi connectivity index (χ1v) is 12.7. The van der Waals surface area contributed by atoms with E-state index in [1.54, 1.807) is 30.5 Å². The molecule has 1 aliphatic heterocycles. The molecule has 5 rings (SSSR count). The normalized spacial score (nSPS) is 16.5. The molecule has 2 atom stereocenters. The van der Waals surface area contributed by atoms with Crippen molar-refractivity contribution in [2.75, 3.05) is 23.4 Å². The Hall–Kier alpha value is -4.63. The van der Waals surface area contributed by atoms with Gasteiger partial charge in [0.1, 0.15) is 11.4 Å². The number of amides is 1. The SMILES string of the molecule is N#Cc1ccncc1-c1ccc(NC(=O)c2ccc(=O)n(-c3c(F)cccc3Cl)n2)c(N2C[C@@H](N)C[C@H]2CO)c1. The molecule has 1 fully saturated rings. The minimum Gasteiger partial charge on any atom is -0.394 e. The van der Waals surface area contributed by atoms with Crippen molar-refractivity contribution >= 4 is 28.9 Å². The average Bonchev–Trinajstić information content (AvgIpc) is 3.34. The number of nitrogens with zero attached hydrogens (tertiary/aromatic N) is 5. The molecule has 0 bridgehead atoms. The van der Waals surface area contributed by atoms with E-state index in [2.05, 4.69) is 21.5 Å². The highest BCUT2D eigenvalue weighted by Gasteiger charge is 2.32. The molecule has 4 N–H and O–H groups in total. The van der Waals surface area contributed by atoms with Crippen LogP contribution in [-0.4, -0.2) is 51.0 Å². The van der Waals surface area contributed by atoms with Crippen LogP contribution in [0.15, 0.2) is 71.8 Å². The van der Waals surface area contributed by atoms with Crippen LogP contribution >= 0.6 is 11.6 Å². The molecule has 0 aliphatic carbocycles. The largest absolute Gasteiger partial charge is 0.394 e. The van der Waals surface area contributed by atoms with Crippen LogP contribution < -0.4 is 21.5 Å². The molecule has 0 saturated carbocycles. The molecule has 1 saturated heterocycles. The molecule has 3 heterocycles. The summed E-state index contributed by atoms with van der Waals surface area (Å²) in [6, 6.07) is 14.7. The second-order valence-electron chi connectivity index (χ2n) is 9.24. The van der Waals surface area contributed by atoms with Gasteiger partial charge in [-0.3, -0.25) is 14.6 Å². The predicted octanol–water partition coefficient (Wildman–Crippen LogP) is 3.11. The molecule has 40 heavy (non-hydrogen) atoms.